The second-order valence-electron chi connectivity index (χ2n) is 7.27. The predicted molar refractivity (Wildman–Crippen MR) is 108 cm³/mol. The number of rotatable bonds is 4. The summed E-state index contributed by atoms with van der Waals surface area (Å²) in [4.78, 5) is 29.5. The van der Waals surface area contributed by atoms with E-state index < -0.39 is 5.97 Å². The number of benzene rings is 2. The van der Waals surface area contributed by atoms with Crippen molar-refractivity contribution in [2.24, 2.45) is 0 Å². The lowest BCUT2D eigenvalue weighted by atomic mass is 9.98. The molecule has 6 nitrogen and oxygen atoms in total. The Morgan fingerprint density at radius 2 is 1.69 bits per heavy atom. The lowest BCUT2D eigenvalue weighted by molar-refractivity contribution is 0.0689. The summed E-state index contributed by atoms with van der Waals surface area (Å²) in [5.74, 6) is -0.851. The fraction of sp³-hybridized carbons (Fsp3) is 0.227. The normalized spacial score (nSPS) is 15.5. The van der Waals surface area contributed by atoms with Crippen molar-refractivity contribution in [1.82, 2.24) is 9.88 Å². The lowest BCUT2D eigenvalue weighted by Gasteiger charge is -2.37. The number of aromatic nitrogens is 1. The maximum absolute atomic E-state index is 12.5. The van der Waals surface area contributed by atoms with Crippen LogP contribution in [0.4, 0.5) is 4.79 Å². The number of carboxylic acid groups (broad SMARTS) is 1. The van der Waals surface area contributed by atoms with Gasteiger partial charge >= 0.3 is 12.1 Å². The second-order valence-corrected chi connectivity index (χ2v) is 8.34. The number of fused-ring (bicyclic) bond motifs is 3. The van der Waals surface area contributed by atoms with Crippen LogP contribution in [0.25, 0.3) is 11.1 Å². The minimum atomic E-state index is -0.971. The zero-order chi connectivity index (χ0) is 20.0. The number of hydrogen-bond acceptors (Lipinski definition) is 5. The summed E-state index contributed by atoms with van der Waals surface area (Å²) in [6.07, 6.45) is 1.04. The van der Waals surface area contributed by atoms with Crippen molar-refractivity contribution in [3.05, 3.63) is 75.7 Å². The number of hydrogen-bond donors (Lipinski definition) is 1. The molecule has 0 atom stereocenters. The average Bonchev–Trinajstić information content (AvgIpc) is 3.29. The first kappa shape index (κ1) is 17.9. The summed E-state index contributed by atoms with van der Waals surface area (Å²) in [7, 11) is 0. The van der Waals surface area contributed by atoms with Crippen LogP contribution in [-0.2, 0) is 4.74 Å². The Balaban J connectivity index is 1.22. The Morgan fingerprint density at radius 3 is 2.28 bits per heavy atom. The van der Waals surface area contributed by atoms with Gasteiger partial charge in [0.1, 0.15) is 11.5 Å². The van der Waals surface area contributed by atoms with E-state index >= 15 is 0 Å². The smallest absolute Gasteiger partial charge is 0.409 e. The van der Waals surface area contributed by atoms with Crippen LogP contribution in [0.2, 0.25) is 0 Å². The first-order valence-corrected chi connectivity index (χ1v) is 10.2. The van der Waals surface area contributed by atoms with Crippen LogP contribution in [0.3, 0.4) is 0 Å². The average molecular weight is 406 g/mol. The molecule has 0 radical (unpaired) electrons. The second kappa shape index (κ2) is 7.00. The third-order valence-corrected chi connectivity index (χ3v) is 6.71. The quantitative estimate of drug-likeness (QED) is 0.703. The molecule has 1 aliphatic carbocycles. The van der Waals surface area contributed by atoms with Gasteiger partial charge in [0.05, 0.1) is 11.2 Å². The van der Waals surface area contributed by atoms with E-state index in [1.54, 1.807) is 4.90 Å². The summed E-state index contributed by atoms with van der Waals surface area (Å²) >= 11 is 1.17. The van der Waals surface area contributed by atoms with E-state index in [1.807, 2.05) is 24.3 Å². The molecule has 1 N–H and O–H groups in total. The van der Waals surface area contributed by atoms with Crippen molar-refractivity contribution in [3.8, 4) is 11.1 Å². The Bertz CT molecular complexity index is 1060. The molecule has 3 aromatic rings. The summed E-state index contributed by atoms with van der Waals surface area (Å²) < 4.78 is 5.65. The zero-order valence-corrected chi connectivity index (χ0v) is 16.3. The lowest BCUT2D eigenvalue weighted by Crippen LogP contribution is -2.48. The molecular weight excluding hydrogens is 388 g/mol. The number of thiazole rings is 1. The Labute approximate surface area is 171 Å². The van der Waals surface area contributed by atoms with Gasteiger partial charge in [0, 0.05) is 24.9 Å². The number of ether oxygens (including phenoxy) is 1. The Morgan fingerprint density at radius 1 is 1.07 bits per heavy atom. The maximum atomic E-state index is 12.5. The molecule has 0 unspecified atom stereocenters. The molecule has 5 rings (SSSR count). The Kier molecular flexibility index (Phi) is 4.32. The van der Waals surface area contributed by atoms with E-state index in [0.717, 1.165) is 5.01 Å². The number of likely N-dealkylation sites (tertiary alicyclic amines) is 1. The first-order valence-electron chi connectivity index (χ1n) is 9.40. The molecule has 1 aromatic heterocycles. The highest BCUT2D eigenvalue weighted by atomic mass is 32.1. The third kappa shape index (κ3) is 3.07. The molecule has 29 heavy (non-hydrogen) atoms. The molecule has 0 spiro atoms. The Hall–Kier alpha value is -3.19. The van der Waals surface area contributed by atoms with E-state index in [2.05, 4.69) is 29.2 Å². The van der Waals surface area contributed by atoms with E-state index in [9.17, 15) is 9.59 Å². The van der Waals surface area contributed by atoms with Crippen molar-refractivity contribution in [1.29, 1.82) is 0 Å². The molecule has 0 bridgehead atoms. The summed E-state index contributed by atoms with van der Waals surface area (Å²) in [5, 5.41) is 9.76. The van der Waals surface area contributed by atoms with Gasteiger partial charge in [-0.15, -0.1) is 11.3 Å². The first-order chi connectivity index (χ1) is 14.1. The standard InChI is InChI=1S/C22H18N2O4S/c25-21(26)19-9-23-20(29-19)13-10-24(11-13)22(27)28-12-18-16-7-3-1-5-14(16)15-6-2-4-8-17(15)18/h1-9,13,18H,10-12H2,(H,25,26). The molecule has 2 aromatic carbocycles. The molecule has 1 amide bonds. The van der Waals surface area contributed by atoms with Gasteiger partial charge in [0.25, 0.3) is 0 Å². The molecule has 2 aliphatic rings. The number of amides is 1. The number of carbonyl (C=O) groups excluding carboxylic acids is 1. The SMILES string of the molecule is O=C(O)c1cnc(C2CN(C(=O)OCC3c4ccccc4-c4ccccc43)C2)s1. The summed E-state index contributed by atoms with van der Waals surface area (Å²) in [6, 6.07) is 16.5. The van der Waals surface area contributed by atoms with Gasteiger partial charge < -0.3 is 14.7 Å². The minimum Gasteiger partial charge on any atom is -0.477 e. The van der Waals surface area contributed by atoms with Gasteiger partial charge in [-0.3, -0.25) is 0 Å². The summed E-state index contributed by atoms with van der Waals surface area (Å²) in [5.41, 5.74) is 4.77. The van der Waals surface area contributed by atoms with Gasteiger partial charge in [0.15, 0.2) is 0 Å². The van der Waals surface area contributed by atoms with Crippen molar-refractivity contribution < 1.29 is 19.4 Å². The number of carboxylic acids is 1. The summed E-state index contributed by atoms with van der Waals surface area (Å²) in [6.45, 7) is 1.31. The van der Waals surface area contributed by atoms with Gasteiger partial charge in [-0.1, -0.05) is 48.5 Å². The molecule has 7 heteroatoms. The highest BCUT2D eigenvalue weighted by Crippen LogP contribution is 2.44. The van der Waals surface area contributed by atoms with Crippen molar-refractivity contribution >= 4 is 23.4 Å². The van der Waals surface area contributed by atoms with Gasteiger partial charge in [-0.2, -0.15) is 0 Å². The van der Waals surface area contributed by atoms with Crippen LogP contribution in [0.1, 0.15) is 37.6 Å². The highest BCUT2D eigenvalue weighted by molar-refractivity contribution is 7.13. The largest absolute Gasteiger partial charge is 0.477 e. The van der Waals surface area contributed by atoms with Crippen LogP contribution in [0, 0.1) is 0 Å². The number of nitrogens with zero attached hydrogens (tertiary/aromatic N) is 2. The molecule has 1 aliphatic heterocycles. The molecule has 1 saturated heterocycles. The van der Waals surface area contributed by atoms with E-state index in [4.69, 9.17) is 9.84 Å². The monoisotopic (exact) mass is 406 g/mol. The minimum absolute atomic E-state index is 0.0421. The van der Waals surface area contributed by atoms with Crippen LogP contribution in [0.15, 0.2) is 54.7 Å². The van der Waals surface area contributed by atoms with E-state index in [-0.39, 0.29) is 22.8 Å². The van der Waals surface area contributed by atoms with Crippen LogP contribution >= 0.6 is 11.3 Å². The number of aromatic carboxylic acids is 1. The zero-order valence-electron chi connectivity index (χ0n) is 15.4. The van der Waals surface area contributed by atoms with Crippen molar-refractivity contribution in [2.75, 3.05) is 19.7 Å². The predicted octanol–water partition coefficient (Wildman–Crippen LogP) is 4.19. The maximum Gasteiger partial charge on any atom is 0.409 e. The molecular formula is C22H18N2O4S. The van der Waals surface area contributed by atoms with E-state index in [0.29, 0.717) is 19.7 Å². The molecule has 1 fully saturated rings. The van der Waals surface area contributed by atoms with Gasteiger partial charge in [0.2, 0.25) is 0 Å². The van der Waals surface area contributed by atoms with Gasteiger partial charge in [-0.05, 0) is 22.3 Å². The van der Waals surface area contributed by atoms with Crippen molar-refractivity contribution in [3.63, 3.8) is 0 Å². The van der Waals surface area contributed by atoms with Crippen LogP contribution < -0.4 is 0 Å². The van der Waals surface area contributed by atoms with E-state index in [1.165, 1.54) is 39.8 Å². The highest BCUT2D eigenvalue weighted by Gasteiger charge is 2.36. The third-order valence-electron chi connectivity index (χ3n) is 5.56. The number of carbonyl (C=O) groups is 2. The topological polar surface area (TPSA) is 79.7 Å². The van der Waals surface area contributed by atoms with Crippen LogP contribution in [0.5, 0.6) is 0 Å². The fourth-order valence-electron chi connectivity index (χ4n) is 4.04. The van der Waals surface area contributed by atoms with Crippen LogP contribution in [-0.4, -0.2) is 46.7 Å². The molecule has 0 saturated carbocycles. The fourth-order valence-corrected chi connectivity index (χ4v) is 4.88. The van der Waals surface area contributed by atoms with Crippen molar-refractivity contribution in [2.45, 2.75) is 11.8 Å². The molecule has 146 valence electrons. The molecule has 2 heterocycles. The van der Waals surface area contributed by atoms with Gasteiger partial charge in [-0.25, -0.2) is 14.6 Å².